The van der Waals surface area contributed by atoms with E-state index in [-0.39, 0.29) is 22.4 Å². The van der Waals surface area contributed by atoms with Gasteiger partial charge in [0.25, 0.3) is 10.0 Å². The Bertz CT molecular complexity index is 669. The maximum absolute atomic E-state index is 12.5. The molecule has 2 heterocycles. The smallest absolute Gasteiger partial charge is 0.338 e. The van der Waals surface area contributed by atoms with E-state index in [9.17, 15) is 18.3 Å². The lowest BCUT2D eigenvalue weighted by atomic mass is 10.1. The average molecular weight is 362 g/mol. The molecule has 0 amide bonds. The standard InChI is InChI=1S/C14H22N2O5S2/c1-3-6-21-9(2)7-16-23(19,20)14-12(13(17)18)10-4-5-15-8-11(10)22-14/h9,15-16H,3-8H2,1-2H3,(H,17,18). The number of hydrogen-bond donors (Lipinski definition) is 3. The highest BCUT2D eigenvalue weighted by atomic mass is 32.2. The summed E-state index contributed by atoms with van der Waals surface area (Å²) in [6.45, 7) is 5.58. The van der Waals surface area contributed by atoms with Gasteiger partial charge in [-0.25, -0.2) is 17.9 Å². The summed E-state index contributed by atoms with van der Waals surface area (Å²) in [4.78, 5) is 12.3. The molecule has 0 aliphatic carbocycles. The first-order valence-corrected chi connectivity index (χ1v) is 9.86. The van der Waals surface area contributed by atoms with Crippen LogP contribution in [0.25, 0.3) is 0 Å². The van der Waals surface area contributed by atoms with Crippen LogP contribution in [0.2, 0.25) is 0 Å². The maximum atomic E-state index is 12.5. The third-order valence-electron chi connectivity index (χ3n) is 3.52. The third kappa shape index (κ3) is 4.30. The number of fused-ring (bicyclic) bond motifs is 1. The van der Waals surface area contributed by atoms with Crippen molar-refractivity contribution in [1.82, 2.24) is 10.0 Å². The van der Waals surface area contributed by atoms with E-state index in [1.54, 1.807) is 6.92 Å². The van der Waals surface area contributed by atoms with Gasteiger partial charge in [-0.1, -0.05) is 6.92 Å². The van der Waals surface area contributed by atoms with Crippen molar-refractivity contribution in [3.05, 3.63) is 16.0 Å². The van der Waals surface area contributed by atoms with Gasteiger partial charge in [-0.3, -0.25) is 0 Å². The minimum atomic E-state index is -3.87. The number of thiophene rings is 1. The second-order valence-electron chi connectivity index (χ2n) is 5.43. The van der Waals surface area contributed by atoms with Crippen molar-refractivity contribution in [1.29, 1.82) is 0 Å². The van der Waals surface area contributed by atoms with Crippen molar-refractivity contribution >= 4 is 27.3 Å². The summed E-state index contributed by atoms with van der Waals surface area (Å²) in [5.74, 6) is -1.19. The second-order valence-corrected chi connectivity index (χ2v) is 8.50. The van der Waals surface area contributed by atoms with E-state index in [1.165, 1.54) is 0 Å². The monoisotopic (exact) mass is 362 g/mol. The number of aromatic carboxylic acids is 1. The first-order valence-electron chi connectivity index (χ1n) is 7.56. The fourth-order valence-electron chi connectivity index (χ4n) is 2.39. The Morgan fingerprint density at radius 2 is 2.26 bits per heavy atom. The van der Waals surface area contributed by atoms with E-state index < -0.39 is 16.0 Å². The number of carboxylic acids is 1. The predicted octanol–water partition coefficient (Wildman–Crippen LogP) is 1.19. The van der Waals surface area contributed by atoms with Crippen LogP contribution in [0.1, 0.15) is 41.1 Å². The molecule has 0 bridgehead atoms. The van der Waals surface area contributed by atoms with Crippen molar-refractivity contribution in [2.45, 2.75) is 43.5 Å². The van der Waals surface area contributed by atoms with Crippen LogP contribution in [0.5, 0.6) is 0 Å². The molecule has 0 spiro atoms. The van der Waals surface area contributed by atoms with Crippen LogP contribution in [-0.2, 0) is 27.7 Å². The van der Waals surface area contributed by atoms with Crippen LogP contribution in [0.4, 0.5) is 0 Å². The molecule has 9 heteroatoms. The lowest BCUT2D eigenvalue weighted by molar-refractivity contribution is 0.0692. The summed E-state index contributed by atoms with van der Waals surface area (Å²) in [5.41, 5.74) is 0.554. The van der Waals surface area contributed by atoms with Gasteiger partial charge in [0, 0.05) is 24.6 Å². The largest absolute Gasteiger partial charge is 0.478 e. The molecule has 0 aromatic carbocycles. The summed E-state index contributed by atoms with van der Waals surface area (Å²) in [6, 6.07) is 0. The quantitative estimate of drug-likeness (QED) is 0.641. The van der Waals surface area contributed by atoms with Gasteiger partial charge in [0.15, 0.2) is 0 Å². The molecule has 7 nitrogen and oxygen atoms in total. The average Bonchev–Trinajstić information content (AvgIpc) is 2.91. The van der Waals surface area contributed by atoms with Gasteiger partial charge in [0.2, 0.25) is 0 Å². The molecule has 1 atom stereocenters. The Morgan fingerprint density at radius 3 is 2.91 bits per heavy atom. The molecule has 0 saturated carbocycles. The number of sulfonamides is 1. The lowest BCUT2D eigenvalue weighted by Gasteiger charge is -2.14. The molecule has 0 fully saturated rings. The zero-order valence-corrected chi connectivity index (χ0v) is 14.8. The maximum Gasteiger partial charge on any atom is 0.338 e. The highest BCUT2D eigenvalue weighted by Gasteiger charge is 2.31. The molecule has 1 aromatic heterocycles. The molecule has 130 valence electrons. The van der Waals surface area contributed by atoms with E-state index in [4.69, 9.17) is 4.74 Å². The molecular formula is C14H22N2O5S2. The number of rotatable bonds is 8. The van der Waals surface area contributed by atoms with Crippen LogP contribution in [0, 0.1) is 0 Å². The van der Waals surface area contributed by atoms with E-state index in [0.29, 0.717) is 31.7 Å². The van der Waals surface area contributed by atoms with Gasteiger partial charge in [0.05, 0.1) is 11.7 Å². The predicted molar refractivity (Wildman–Crippen MR) is 87.6 cm³/mol. The van der Waals surface area contributed by atoms with Crippen molar-refractivity contribution in [3.8, 4) is 0 Å². The normalized spacial score (nSPS) is 16.1. The molecule has 0 radical (unpaired) electrons. The van der Waals surface area contributed by atoms with E-state index in [1.807, 2.05) is 6.92 Å². The van der Waals surface area contributed by atoms with Gasteiger partial charge < -0.3 is 15.2 Å². The van der Waals surface area contributed by atoms with Crippen LogP contribution in [0.3, 0.4) is 0 Å². The minimum absolute atomic E-state index is 0.0823. The van der Waals surface area contributed by atoms with Crippen LogP contribution in [0.15, 0.2) is 4.21 Å². The van der Waals surface area contributed by atoms with E-state index in [0.717, 1.165) is 22.6 Å². The molecule has 1 aromatic rings. The number of nitrogens with one attached hydrogen (secondary N) is 2. The Hall–Kier alpha value is -1.00. The minimum Gasteiger partial charge on any atom is -0.478 e. The van der Waals surface area contributed by atoms with Gasteiger partial charge >= 0.3 is 5.97 Å². The SMILES string of the molecule is CCCOC(C)CNS(=O)(=O)c1sc2c(c1C(=O)O)CCNC2. The van der Waals surface area contributed by atoms with Gasteiger partial charge in [-0.15, -0.1) is 11.3 Å². The molecule has 3 N–H and O–H groups in total. The first kappa shape index (κ1) is 18.3. The molecule has 23 heavy (non-hydrogen) atoms. The summed E-state index contributed by atoms with van der Waals surface area (Å²) in [5, 5.41) is 12.6. The summed E-state index contributed by atoms with van der Waals surface area (Å²) < 4.78 is 32.8. The molecule has 1 aliphatic heterocycles. The Kier molecular flexibility index (Phi) is 6.15. The Labute approximate surface area is 140 Å². The summed E-state index contributed by atoms with van der Waals surface area (Å²) in [6.07, 6.45) is 1.11. The van der Waals surface area contributed by atoms with Gasteiger partial charge in [-0.05, 0) is 31.9 Å². The molecule has 1 aliphatic rings. The van der Waals surface area contributed by atoms with Crippen molar-refractivity contribution in [2.75, 3.05) is 19.7 Å². The van der Waals surface area contributed by atoms with Crippen molar-refractivity contribution in [3.63, 3.8) is 0 Å². The molecule has 2 rings (SSSR count). The summed E-state index contributed by atoms with van der Waals surface area (Å²) in [7, 11) is -3.87. The second kappa shape index (κ2) is 7.71. The van der Waals surface area contributed by atoms with Crippen LogP contribution < -0.4 is 10.0 Å². The topological polar surface area (TPSA) is 105 Å². The fourth-order valence-corrected chi connectivity index (χ4v) is 5.41. The Balaban J connectivity index is 2.22. The zero-order valence-electron chi connectivity index (χ0n) is 13.2. The lowest BCUT2D eigenvalue weighted by Crippen LogP contribution is -2.32. The van der Waals surface area contributed by atoms with Gasteiger partial charge in [0.1, 0.15) is 4.21 Å². The van der Waals surface area contributed by atoms with Gasteiger partial charge in [-0.2, -0.15) is 0 Å². The van der Waals surface area contributed by atoms with E-state index >= 15 is 0 Å². The highest BCUT2D eigenvalue weighted by Crippen LogP contribution is 2.34. The van der Waals surface area contributed by atoms with Crippen molar-refractivity contribution in [2.24, 2.45) is 0 Å². The number of hydrogen-bond acceptors (Lipinski definition) is 6. The summed E-state index contributed by atoms with van der Waals surface area (Å²) >= 11 is 1.03. The number of carboxylic acid groups (broad SMARTS) is 1. The number of ether oxygens (including phenoxy) is 1. The van der Waals surface area contributed by atoms with Crippen LogP contribution in [-0.4, -0.2) is 45.3 Å². The van der Waals surface area contributed by atoms with Crippen LogP contribution >= 0.6 is 11.3 Å². The molecule has 1 unspecified atom stereocenters. The third-order valence-corrected chi connectivity index (χ3v) is 6.69. The fraction of sp³-hybridized carbons (Fsp3) is 0.643. The van der Waals surface area contributed by atoms with E-state index in [2.05, 4.69) is 10.0 Å². The zero-order chi connectivity index (χ0) is 17.0. The Morgan fingerprint density at radius 1 is 1.52 bits per heavy atom. The number of carbonyl (C=O) groups is 1. The molecular weight excluding hydrogens is 340 g/mol. The first-order chi connectivity index (χ1) is 10.9. The molecule has 0 saturated heterocycles. The highest BCUT2D eigenvalue weighted by molar-refractivity contribution is 7.91. The van der Waals surface area contributed by atoms with Crippen molar-refractivity contribution < 1.29 is 23.1 Å².